The first kappa shape index (κ1) is 15.2. The first-order valence-corrected chi connectivity index (χ1v) is 7.88. The highest BCUT2D eigenvalue weighted by Crippen LogP contribution is 2.25. The third kappa shape index (κ3) is 3.92. The van der Waals surface area contributed by atoms with Gasteiger partial charge < -0.3 is 10.2 Å². The number of nitrogens with one attached hydrogen (secondary N) is 1. The third-order valence-electron chi connectivity index (χ3n) is 4.21. The van der Waals surface area contributed by atoms with Crippen LogP contribution in [0.15, 0.2) is 6.07 Å². The standard InChI is InChI=1S/C16H28N4/c1-5-10-17-14-6-8-15(9-7-14)20(4)16-18-12(2)11-13(3)19-16/h11,14-15,17H,5-10H2,1-4H3. The first-order chi connectivity index (χ1) is 9.60. The minimum Gasteiger partial charge on any atom is -0.341 e. The lowest BCUT2D eigenvalue weighted by atomic mass is 9.90. The summed E-state index contributed by atoms with van der Waals surface area (Å²) in [6, 6.07) is 3.32. The van der Waals surface area contributed by atoms with Crippen LogP contribution in [0.5, 0.6) is 0 Å². The summed E-state index contributed by atoms with van der Waals surface area (Å²) in [6.07, 6.45) is 6.21. The van der Waals surface area contributed by atoms with Crippen LogP contribution in [0.4, 0.5) is 5.95 Å². The van der Waals surface area contributed by atoms with E-state index in [0.29, 0.717) is 12.1 Å². The molecule has 1 heterocycles. The number of rotatable bonds is 5. The fourth-order valence-electron chi connectivity index (χ4n) is 3.04. The second-order valence-corrected chi connectivity index (χ2v) is 6.02. The lowest BCUT2D eigenvalue weighted by molar-refractivity contribution is 0.336. The van der Waals surface area contributed by atoms with E-state index in [1.807, 2.05) is 19.9 Å². The van der Waals surface area contributed by atoms with Crippen LogP contribution in [0, 0.1) is 13.8 Å². The summed E-state index contributed by atoms with van der Waals surface area (Å²) in [4.78, 5) is 11.4. The Morgan fingerprint density at radius 3 is 2.30 bits per heavy atom. The Balaban J connectivity index is 1.92. The lowest BCUT2D eigenvalue weighted by Crippen LogP contribution is -2.41. The minimum absolute atomic E-state index is 0.580. The van der Waals surface area contributed by atoms with E-state index >= 15 is 0 Å². The quantitative estimate of drug-likeness (QED) is 0.898. The van der Waals surface area contributed by atoms with Gasteiger partial charge in [-0.1, -0.05) is 6.92 Å². The Morgan fingerprint density at radius 2 is 1.75 bits per heavy atom. The molecular weight excluding hydrogens is 248 g/mol. The molecule has 0 saturated heterocycles. The first-order valence-electron chi connectivity index (χ1n) is 7.88. The predicted octanol–water partition coefficient (Wildman–Crippen LogP) is 2.84. The summed E-state index contributed by atoms with van der Waals surface area (Å²) >= 11 is 0. The minimum atomic E-state index is 0.580. The summed E-state index contributed by atoms with van der Waals surface area (Å²) in [5.41, 5.74) is 2.11. The molecule has 1 N–H and O–H groups in total. The van der Waals surface area contributed by atoms with Crippen LogP contribution in [0.3, 0.4) is 0 Å². The average molecular weight is 276 g/mol. The van der Waals surface area contributed by atoms with Crippen molar-refractivity contribution in [3.05, 3.63) is 17.5 Å². The van der Waals surface area contributed by atoms with E-state index in [4.69, 9.17) is 0 Å². The molecule has 1 aromatic rings. The van der Waals surface area contributed by atoms with Gasteiger partial charge in [0, 0.05) is 30.5 Å². The number of aromatic nitrogens is 2. The molecular formula is C16H28N4. The second-order valence-electron chi connectivity index (χ2n) is 6.02. The van der Waals surface area contributed by atoms with Gasteiger partial charge in [-0.25, -0.2) is 9.97 Å². The molecule has 0 aliphatic heterocycles. The van der Waals surface area contributed by atoms with E-state index in [9.17, 15) is 0 Å². The van der Waals surface area contributed by atoms with Crippen LogP contribution in [0.1, 0.15) is 50.4 Å². The van der Waals surface area contributed by atoms with Crippen LogP contribution in [-0.2, 0) is 0 Å². The molecule has 20 heavy (non-hydrogen) atoms. The predicted molar refractivity (Wildman–Crippen MR) is 84.2 cm³/mol. The number of hydrogen-bond donors (Lipinski definition) is 1. The molecule has 0 atom stereocenters. The molecule has 1 saturated carbocycles. The molecule has 0 amide bonds. The molecule has 4 nitrogen and oxygen atoms in total. The van der Waals surface area contributed by atoms with Gasteiger partial charge in [0.2, 0.25) is 5.95 Å². The van der Waals surface area contributed by atoms with E-state index in [2.05, 4.69) is 34.2 Å². The monoisotopic (exact) mass is 276 g/mol. The van der Waals surface area contributed by atoms with E-state index in [1.165, 1.54) is 32.1 Å². The highest BCUT2D eigenvalue weighted by Gasteiger charge is 2.25. The fourth-order valence-corrected chi connectivity index (χ4v) is 3.04. The topological polar surface area (TPSA) is 41.0 Å². The Kier molecular flexibility index (Phi) is 5.35. The summed E-state index contributed by atoms with van der Waals surface area (Å²) in [7, 11) is 2.14. The summed E-state index contributed by atoms with van der Waals surface area (Å²) in [5, 5.41) is 3.64. The summed E-state index contributed by atoms with van der Waals surface area (Å²) < 4.78 is 0. The van der Waals surface area contributed by atoms with Gasteiger partial charge in [-0.05, 0) is 58.6 Å². The van der Waals surface area contributed by atoms with Crippen LogP contribution in [-0.4, -0.2) is 35.6 Å². The molecule has 4 heteroatoms. The lowest BCUT2D eigenvalue weighted by Gasteiger charge is -2.35. The highest BCUT2D eigenvalue weighted by atomic mass is 15.3. The highest BCUT2D eigenvalue weighted by molar-refractivity contribution is 5.32. The van der Waals surface area contributed by atoms with Crippen molar-refractivity contribution in [1.29, 1.82) is 0 Å². The molecule has 1 aliphatic rings. The summed E-state index contributed by atoms with van der Waals surface area (Å²) in [5.74, 6) is 0.882. The van der Waals surface area contributed by atoms with Crippen molar-refractivity contribution in [3.63, 3.8) is 0 Å². The average Bonchev–Trinajstić information content (AvgIpc) is 2.44. The van der Waals surface area contributed by atoms with E-state index in [1.54, 1.807) is 0 Å². The van der Waals surface area contributed by atoms with Crippen molar-refractivity contribution < 1.29 is 0 Å². The van der Waals surface area contributed by atoms with Crippen molar-refractivity contribution in [2.45, 2.75) is 65.0 Å². The van der Waals surface area contributed by atoms with Gasteiger partial charge in [0.05, 0.1) is 0 Å². The van der Waals surface area contributed by atoms with Gasteiger partial charge in [0.25, 0.3) is 0 Å². The SMILES string of the molecule is CCCNC1CCC(N(C)c2nc(C)cc(C)n2)CC1. The van der Waals surface area contributed by atoms with Crippen LogP contribution < -0.4 is 10.2 Å². The normalized spacial score (nSPS) is 22.8. The maximum atomic E-state index is 4.58. The van der Waals surface area contributed by atoms with Crippen LogP contribution >= 0.6 is 0 Å². The van der Waals surface area contributed by atoms with Gasteiger partial charge in [-0.3, -0.25) is 0 Å². The Labute approximate surface area is 123 Å². The number of aryl methyl sites for hydroxylation is 2. The number of nitrogens with zero attached hydrogens (tertiary/aromatic N) is 3. The van der Waals surface area contributed by atoms with Gasteiger partial charge in [0.1, 0.15) is 0 Å². The summed E-state index contributed by atoms with van der Waals surface area (Å²) in [6.45, 7) is 7.45. The zero-order valence-electron chi connectivity index (χ0n) is 13.3. The van der Waals surface area contributed by atoms with Crippen molar-refractivity contribution in [3.8, 4) is 0 Å². The Bertz CT molecular complexity index is 404. The molecule has 1 aliphatic carbocycles. The van der Waals surface area contributed by atoms with Gasteiger partial charge in [0.15, 0.2) is 0 Å². The van der Waals surface area contributed by atoms with E-state index < -0.39 is 0 Å². The molecule has 1 fully saturated rings. The van der Waals surface area contributed by atoms with Crippen molar-refractivity contribution >= 4 is 5.95 Å². The number of hydrogen-bond acceptors (Lipinski definition) is 4. The van der Waals surface area contributed by atoms with Crippen molar-refractivity contribution in [2.24, 2.45) is 0 Å². The van der Waals surface area contributed by atoms with E-state index in [0.717, 1.165) is 23.9 Å². The largest absolute Gasteiger partial charge is 0.341 e. The van der Waals surface area contributed by atoms with Gasteiger partial charge >= 0.3 is 0 Å². The third-order valence-corrected chi connectivity index (χ3v) is 4.21. The smallest absolute Gasteiger partial charge is 0.225 e. The molecule has 0 bridgehead atoms. The molecule has 0 unspecified atom stereocenters. The van der Waals surface area contributed by atoms with Gasteiger partial charge in [-0.15, -0.1) is 0 Å². The van der Waals surface area contributed by atoms with Gasteiger partial charge in [-0.2, -0.15) is 0 Å². The maximum Gasteiger partial charge on any atom is 0.225 e. The van der Waals surface area contributed by atoms with Crippen molar-refractivity contribution in [1.82, 2.24) is 15.3 Å². The molecule has 0 radical (unpaired) electrons. The number of anilines is 1. The Hall–Kier alpha value is -1.16. The second kappa shape index (κ2) is 7.02. The molecule has 2 rings (SSSR count). The van der Waals surface area contributed by atoms with Crippen LogP contribution in [0.2, 0.25) is 0 Å². The Morgan fingerprint density at radius 1 is 1.15 bits per heavy atom. The molecule has 0 spiro atoms. The van der Waals surface area contributed by atoms with Crippen molar-refractivity contribution in [2.75, 3.05) is 18.5 Å². The fraction of sp³-hybridized carbons (Fsp3) is 0.750. The molecule has 1 aromatic heterocycles. The zero-order valence-corrected chi connectivity index (χ0v) is 13.3. The molecule has 112 valence electrons. The maximum absolute atomic E-state index is 4.58. The molecule has 0 aromatic carbocycles. The van der Waals surface area contributed by atoms with Crippen LogP contribution in [0.25, 0.3) is 0 Å². The zero-order chi connectivity index (χ0) is 14.5. The van der Waals surface area contributed by atoms with E-state index in [-0.39, 0.29) is 0 Å².